The van der Waals surface area contributed by atoms with Gasteiger partial charge in [0.25, 0.3) is 10.0 Å². The Morgan fingerprint density at radius 3 is 2.41 bits per heavy atom. The predicted octanol–water partition coefficient (Wildman–Crippen LogP) is 1.81. The summed E-state index contributed by atoms with van der Waals surface area (Å²) in [5.41, 5.74) is 0.969. The van der Waals surface area contributed by atoms with E-state index in [-0.39, 0.29) is 24.7 Å². The number of anilines is 1. The number of urea groups is 1. The smallest absolute Gasteiger partial charge is 0.339 e. The van der Waals surface area contributed by atoms with Crippen LogP contribution in [0.5, 0.6) is 0 Å². The summed E-state index contributed by atoms with van der Waals surface area (Å²) in [6.45, 7) is 4.81. The zero-order valence-corrected chi connectivity index (χ0v) is 17.0. The van der Waals surface area contributed by atoms with E-state index in [1.54, 1.807) is 26.8 Å². The van der Waals surface area contributed by atoms with Crippen molar-refractivity contribution in [2.45, 2.75) is 25.7 Å². The molecule has 1 aromatic carbocycles. The molecule has 9 nitrogen and oxygen atoms in total. The second-order valence-electron chi connectivity index (χ2n) is 5.87. The number of benzene rings is 1. The number of nitrogens with zero attached hydrogens (tertiary/aromatic N) is 3. The Balaban J connectivity index is 2.39. The van der Waals surface area contributed by atoms with Crippen LogP contribution in [0.3, 0.4) is 0 Å². The van der Waals surface area contributed by atoms with Crippen molar-refractivity contribution >= 4 is 28.0 Å². The van der Waals surface area contributed by atoms with Crippen molar-refractivity contribution in [3.8, 4) is 12.3 Å². The quantitative estimate of drug-likeness (QED) is 0.563. The van der Waals surface area contributed by atoms with E-state index in [0.29, 0.717) is 11.4 Å². The van der Waals surface area contributed by atoms with E-state index in [4.69, 9.17) is 11.2 Å². The average Bonchev–Trinajstić information content (AvgIpc) is 2.65. The number of sulfonamides is 1. The molecular formula is C19H20N4O5S. The van der Waals surface area contributed by atoms with Gasteiger partial charge < -0.3 is 4.74 Å². The molecule has 1 aromatic heterocycles. The van der Waals surface area contributed by atoms with E-state index in [0.717, 1.165) is 4.90 Å². The molecule has 1 heterocycles. The maximum absolute atomic E-state index is 12.8. The Kier molecular flexibility index (Phi) is 6.90. The Hall–Kier alpha value is -3.45. The Bertz CT molecular complexity index is 1060. The van der Waals surface area contributed by atoms with Crippen molar-refractivity contribution < 1.29 is 22.7 Å². The second kappa shape index (κ2) is 9.16. The summed E-state index contributed by atoms with van der Waals surface area (Å²) < 4.78 is 32.4. The third-order valence-electron chi connectivity index (χ3n) is 3.60. The number of terminal acetylenes is 1. The first-order chi connectivity index (χ1) is 13.7. The molecule has 2 rings (SSSR count). The molecule has 0 bridgehead atoms. The topological polar surface area (TPSA) is 119 Å². The van der Waals surface area contributed by atoms with Gasteiger partial charge in [-0.1, -0.05) is 18.1 Å². The van der Waals surface area contributed by atoms with E-state index in [1.165, 1.54) is 24.3 Å². The zero-order chi connectivity index (χ0) is 21.6. The molecule has 0 saturated heterocycles. The van der Waals surface area contributed by atoms with Gasteiger partial charge in [0.05, 0.1) is 18.7 Å². The monoisotopic (exact) mass is 416 g/mol. The molecule has 0 unspecified atom stereocenters. The first-order valence-corrected chi connectivity index (χ1v) is 10.0. The highest BCUT2D eigenvalue weighted by atomic mass is 32.2. The normalized spacial score (nSPS) is 10.7. The van der Waals surface area contributed by atoms with Gasteiger partial charge in [0, 0.05) is 11.4 Å². The molecule has 2 aromatic rings. The van der Waals surface area contributed by atoms with Crippen LogP contribution in [-0.2, 0) is 14.8 Å². The third-order valence-corrected chi connectivity index (χ3v) is 4.98. The van der Waals surface area contributed by atoms with Crippen LogP contribution in [-0.4, -0.2) is 43.5 Å². The number of carbonyl (C=O) groups excluding carboxylic acids is 2. The summed E-state index contributed by atoms with van der Waals surface area (Å²) in [6.07, 6.45) is 5.31. The lowest BCUT2D eigenvalue weighted by atomic mass is 10.2. The van der Waals surface area contributed by atoms with Crippen LogP contribution in [0.25, 0.3) is 0 Å². The molecule has 0 fully saturated rings. The summed E-state index contributed by atoms with van der Waals surface area (Å²) >= 11 is 0. The number of esters is 1. The van der Waals surface area contributed by atoms with Gasteiger partial charge in [-0.15, -0.1) is 6.42 Å². The number of nitrogens with one attached hydrogen (secondary N) is 1. The van der Waals surface area contributed by atoms with E-state index < -0.39 is 26.9 Å². The van der Waals surface area contributed by atoms with Gasteiger partial charge in [0.15, 0.2) is 0 Å². The maximum atomic E-state index is 12.8. The van der Waals surface area contributed by atoms with Crippen LogP contribution in [0, 0.1) is 26.2 Å². The van der Waals surface area contributed by atoms with E-state index >= 15 is 0 Å². The predicted molar refractivity (Wildman–Crippen MR) is 106 cm³/mol. The van der Waals surface area contributed by atoms with Crippen molar-refractivity contribution in [3.63, 3.8) is 0 Å². The number of aryl methyl sites for hydroxylation is 2. The van der Waals surface area contributed by atoms with E-state index in [9.17, 15) is 18.0 Å². The molecule has 29 heavy (non-hydrogen) atoms. The molecule has 0 aliphatic heterocycles. The van der Waals surface area contributed by atoms with E-state index in [2.05, 4.69) is 15.9 Å². The van der Waals surface area contributed by atoms with Crippen molar-refractivity contribution in [1.82, 2.24) is 14.7 Å². The Morgan fingerprint density at radius 2 is 1.83 bits per heavy atom. The number of amides is 2. The first-order valence-electron chi connectivity index (χ1n) is 8.55. The highest BCUT2D eigenvalue weighted by Gasteiger charge is 2.28. The fourth-order valence-electron chi connectivity index (χ4n) is 2.46. The minimum absolute atomic E-state index is 0.0353. The van der Waals surface area contributed by atoms with Crippen LogP contribution in [0.15, 0.2) is 35.2 Å². The van der Waals surface area contributed by atoms with Gasteiger partial charge in [-0.25, -0.2) is 37.6 Å². The molecule has 0 spiro atoms. The average molecular weight is 416 g/mol. The highest BCUT2D eigenvalue weighted by molar-refractivity contribution is 7.90. The molecular weight excluding hydrogens is 396 g/mol. The molecule has 0 aliphatic rings. The first kappa shape index (κ1) is 21.8. The Labute approximate surface area is 169 Å². The van der Waals surface area contributed by atoms with Gasteiger partial charge in [0.1, 0.15) is 4.90 Å². The van der Waals surface area contributed by atoms with Crippen molar-refractivity contribution in [2.75, 3.05) is 18.1 Å². The lowest BCUT2D eigenvalue weighted by Crippen LogP contribution is -2.44. The van der Waals surface area contributed by atoms with Gasteiger partial charge in [0.2, 0.25) is 5.95 Å². The summed E-state index contributed by atoms with van der Waals surface area (Å²) in [7, 11) is -4.41. The largest absolute Gasteiger partial charge is 0.462 e. The van der Waals surface area contributed by atoms with Crippen molar-refractivity contribution in [3.05, 3.63) is 47.3 Å². The summed E-state index contributed by atoms with van der Waals surface area (Å²) in [6, 6.07) is 6.05. The van der Waals surface area contributed by atoms with Crippen LogP contribution >= 0.6 is 0 Å². The van der Waals surface area contributed by atoms with Crippen LogP contribution in [0.2, 0.25) is 0 Å². The second-order valence-corrected chi connectivity index (χ2v) is 7.52. The minimum atomic E-state index is -4.41. The number of carbonyl (C=O) groups is 2. The van der Waals surface area contributed by atoms with Gasteiger partial charge in [-0.05, 0) is 39.0 Å². The molecule has 152 valence electrons. The zero-order valence-electron chi connectivity index (χ0n) is 16.2. The molecule has 1 N–H and O–H groups in total. The van der Waals surface area contributed by atoms with Crippen molar-refractivity contribution in [2.24, 2.45) is 0 Å². The summed E-state index contributed by atoms with van der Waals surface area (Å²) in [4.78, 5) is 33.6. The lowest BCUT2D eigenvalue weighted by molar-refractivity contribution is 0.0521. The van der Waals surface area contributed by atoms with Crippen LogP contribution in [0.1, 0.15) is 28.7 Å². The molecule has 0 atom stereocenters. The molecule has 0 saturated carbocycles. The molecule has 10 heteroatoms. The Morgan fingerprint density at radius 1 is 1.21 bits per heavy atom. The van der Waals surface area contributed by atoms with Gasteiger partial charge in [-0.3, -0.25) is 0 Å². The SMILES string of the molecule is C#CCN(C(=O)NS(=O)(=O)c1ccccc1C(=O)OCC)c1nc(C)cc(C)n1. The lowest BCUT2D eigenvalue weighted by Gasteiger charge is -2.20. The number of hydrogen-bond donors (Lipinski definition) is 1. The van der Waals surface area contributed by atoms with Crippen molar-refractivity contribution in [1.29, 1.82) is 0 Å². The van der Waals surface area contributed by atoms with Crippen LogP contribution < -0.4 is 9.62 Å². The fourth-order valence-corrected chi connectivity index (χ4v) is 3.60. The van der Waals surface area contributed by atoms with Crippen LogP contribution in [0.4, 0.5) is 10.7 Å². The summed E-state index contributed by atoms with van der Waals surface area (Å²) in [5.74, 6) is 1.42. The number of rotatable bonds is 6. The standard InChI is InChI=1S/C19H20N4O5S/c1-5-11-23(18-20-13(3)12-14(4)21-18)19(25)22-29(26,27)16-10-8-7-9-15(16)17(24)28-6-2/h1,7-10,12H,6,11H2,2-4H3,(H,22,25). The van der Waals surface area contributed by atoms with Gasteiger partial charge in [-0.2, -0.15) is 0 Å². The number of aromatic nitrogens is 2. The molecule has 0 radical (unpaired) electrons. The molecule has 2 amide bonds. The minimum Gasteiger partial charge on any atom is -0.462 e. The maximum Gasteiger partial charge on any atom is 0.339 e. The fraction of sp³-hybridized carbons (Fsp3) is 0.263. The summed E-state index contributed by atoms with van der Waals surface area (Å²) in [5, 5.41) is 0. The number of hydrogen-bond acceptors (Lipinski definition) is 7. The molecule has 0 aliphatic carbocycles. The van der Waals surface area contributed by atoms with E-state index in [1.807, 2.05) is 4.72 Å². The van der Waals surface area contributed by atoms with Gasteiger partial charge >= 0.3 is 12.0 Å². The number of ether oxygens (including phenoxy) is 1. The third kappa shape index (κ3) is 5.30. The highest BCUT2D eigenvalue weighted by Crippen LogP contribution is 2.18.